The van der Waals surface area contributed by atoms with E-state index in [1.165, 1.54) is 18.3 Å². The number of ether oxygens (including phenoxy) is 1. The number of thioether (sulfide) groups is 1. The quantitative estimate of drug-likeness (QED) is 0.488. The first-order chi connectivity index (χ1) is 13.3. The van der Waals surface area contributed by atoms with E-state index in [-0.39, 0.29) is 5.69 Å². The van der Waals surface area contributed by atoms with E-state index in [0.717, 1.165) is 11.8 Å². The Morgan fingerprint density at radius 3 is 2.75 bits per heavy atom. The van der Waals surface area contributed by atoms with Crippen LogP contribution in [-0.2, 0) is 4.74 Å². The minimum Gasteiger partial charge on any atom is -0.388 e. The lowest BCUT2D eigenvalue weighted by atomic mass is 9.83. The number of carbonyl (C=O) groups excluding carboxylic acids is 1. The Kier molecular flexibility index (Phi) is 4.67. The zero-order chi connectivity index (χ0) is 20.2. The number of H-pyrrole nitrogens is 1. The molecule has 4 rings (SSSR count). The molecule has 1 aliphatic heterocycles. The lowest BCUT2D eigenvalue weighted by Gasteiger charge is -2.47. The molecule has 1 fully saturated rings. The average molecular weight is 406 g/mol. The van der Waals surface area contributed by atoms with Gasteiger partial charge in [-0.05, 0) is 37.4 Å². The summed E-state index contributed by atoms with van der Waals surface area (Å²) in [4.78, 5) is 20.9. The zero-order valence-corrected chi connectivity index (χ0v) is 15.9. The van der Waals surface area contributed by atoms with Gasteiger partial charge in [-0.1, -0.05) is 0 Å². The number of fused-ring (bicyclic) bond motifs is 3. The molecule has 3 heterocycles. The molecule has 0 radical (unpaired) electrons. The Morgan fingerprint density at radius 1 is 1.29 bits per heavy atom. The van der Waals surface area contributed by atoms with Gasteiger partial charge in [0.1, 0.15) is 28.5 Å². The van der Waals surface area contributed by atoms with E-state index in [4.69, 9.17) is 4.74 Å². The van der Waals surface area contributed by atoms with Gasteiger partial charge in [0.2, 0.25) is 5.78 Å². The van der Waals surface area contributed by atoms with Gasteiger partial charge in [0.15, 0.2) is 6.29 Å². The molecule has 3 aromatic rings. The van der Waals surface area contributed by atoms with Crippen molar-refractivity contribution in [3.63, 3.8) is 0 Å². The highest BCUT2D eigenvalue weighted by Gasteiger charge is 2.58. The summed E-state index contributed by atoms with van der Waals surface area (Å²) in [5.74, 6) is -0.955. The number of carbonyl (C=O) groups is 1. The molecule has 148 valence electrons. The van der Waals surface area contributed by atoms with Crippen LogP contribution in [0.4, 0.5) is 4.39 Å². The summed E-state index contributed by atoms with van der Waals surface area (Å²) in [6, 6.07) is 5.93. The van der Waals surface area contributed by atoms with Gasteiger partial charge < -0.3 is 25.0 Å². The fourth-order valence-electron chi connectivity index (χ4n) is 3.89. The largest absolute Gasteiger partial charge is 0.388 e. The fraction of sp³-hybridized carbons (Fsp3) is 0.368. The van der Waals surface area contributed by atoms with E-state index in [2.05, 4.69) is 9.97 Å². The highest BCUT2D eigenvalue weighted by Crippen LogP contribution is 2.42. The van der Waals surface area contributed by atoms with Crippen LogP contribution in [0.3, 0.4) is 0 Å². The summed E-state index contributed by atoms with van der Waals surface area (Å²) in [6.07, 6.45) is -2.67. The number of hydrogen-bond acceptors (Lipinski definition) is 7. The third-order valence-corrected chi connectivity index (χ3v) is 6.83. The second-order valence-corrected chi connectivity index (χ2v) is 7.91. The Morgan fingerprint density at radius 2 is 2.04 bits per heavy atom. The van der Waals surface area contributed by atoms with E-state index in [9.17, 15) is 24.5 Å². The first-order valence-electron chi connectivity index (χ1n) is 8.66. The lowest BCUT2D eigenvalue weighted by molar-refractivity contribution is -0.249. The molecule has 0 saturated carbocycles. The maximum absolute atomic E-state index is 13.7. The van der Waals surface area contributed by atoms with Gasteiger partial charge in [0, 0.05) is 22.5 Å². The summed E-state index contributed by atoms with van der Waals surface area (Å²) < 4.78 is 17.4. The molecular formula is C19H19FN2O5S. The summed E-state index contributed by atoms with van der Waals surface area (Å²) in [5.41, 5.74) is 1.09. The van der Waals surface area contributed by atoms with Crippen molar-refractivity contribution < 1.29 is 29.2 Å². The van der Waals surface area contributed by atoms with Crippen LogP contribution in [-0.4, -0.2) is 66.7 Å². The van der Waals surface area contributed by atoms with Gasteiger partial charge in [-0.3, -0.25) is 9.78 Å². The standard InChI is InChI=1S/C19H19FN2O5S/c1-8-19(28-2,17(25)15(23)18(26)27-8)16(24)14-13-10(5-6-21-14)11-7-9(20)3-4-12(11)22-13/h3-8,15,17-18,22-23,25-26H,1-2H3. The zero-order valence-electron chi connectivity index (χ0n) is 15.1. The first kappa shape index (κ1) is 19.3. The van der Waals surface area contributed by atoms with Crippen LogP contribution in [0.15, 0.2) is 30.5 Å². The Bertz CT molecular complexity index is 1070. The molecule has 0 amide bonds. The topological polar surface area (TPSA) is 116 Å². The molecule has 0 aliphatic carbocycles. The number of pyridine rings is 1. The Hall–Kier alpha value is -2.04. The lowest BCUT2D eigenvalue weighted by Crippen LogP contribution is -2.66. The van der Waals surface area contributed by atoms with Gasteiger partial charge in [-0.15, -0.1) is 11.8 Å². The molecule has 5 unspecified atom stereocenters. The maximum Gasteiger partial charge on any atom is 0.204 e. The van der Waals surface area contributed by atoms with Crippen LogP contribution in [0.1, 0.15) is 17.4 Å². The molecule has 4 N–H and O–H groups in total. The minimum absolute atomic E-state index is 0.0431. The van der Waals surface area contributed by atoms with Crippen molar-refractivity contribution >= 4 is 39.4 Å². The molecule has 7 nitrogen and oxygen atoms in total. The molecule has 1 aliphatic rings. The number of aromatic amines is 1. The highest BCUT2D eigenvalue weighted by atomic mass is 32.2. The summed E-state index contributed by atoms with van der Waals surface area (Å²) in [7, 11) is 0. The molecule has 2 aromatic heterocycles. The molecular weight excluding hydrogens is 387 g/mol. The van der Waals surface area contributed by atoms with Crippen LogP contribution >= 0.6 is 11.8 Å². The molecule has 5 atom stereocenters. The van der Waals surface area contributed by atoms with Crippen molar-refractivity contribution in [2.75, 3.05) is 6.26 Å². The van der Waals surface area contributed by atoms with Gasteiger partial charge in [0.25, 0.3) is 0 Å². The molecule has 0 bridgehead atoms. The molecule has 1 aromatic carbocycles. The number of nitrogens with one attached hydrogen (secondary N) is 1. The first-order valence-corrected chi connectivity index (χ1v) is 9.89. The number of Topliss-reactive ketones (excluding diaryl/α,β-unsaturated/α-hetero) is 1. The Balaban J connectivity index is 1.91. The monoisotopic (exact) mass is 406 g/mol. The molecule has 9 heteroatoms. The van der Waals surface area contributed by atoms with E-state index in [1.807, 2.05) is 0 Å². The summed E-state index contributed by atoms with van der Waals surface area (Å²) in [6.45, 7) is 1.55. The minimum atomic E-state index is -1.65. The van der Waals surface area contributed by atoms with Gasteiger partial charge >= 0.3 is 0 Å². The number of hydrogen-bond donors (Lipinski definition) is 4. The summed E-state index contributed by atoms with van der Waals surface area (Å²) >= 11 is 1.03. The van der Waals surface area contributed by atoms with E-state index >= 15 is 0 Å². The molecule has 1 saturated heterocycles. The third kappa shape index (κ3) is 2.58. The molecule has 28 heavy (non-hydrogen) atoms. The van der Waals surface area contributed by atoms with Crippen LogP contribution in [0.25, 0.3) is 21.8 Å². The fourth-order valence-corrected chi connectivity index (χ4v) is 4.94. The number of aliphatic hydroxyl groups is 3. The predicted molar refractivity (Wildman–Crippen MR) is 103 cm³/mol. The normalized spacial score (nSPS) is 30.8. The van der Waals surface area contributed by atoms with Crippen molar-refractivity contribution in [3.05, 3.63) is 42.0 Å². The number of halogens is 1. The smallest absolute Gasteiger partial charge is 0.204 e. The number of aliphatic hydroxyl groups excluding tert-OH is 3. The van der Waals surface area contributed by atoms with Crippen LogP contribution < -0.4 is 0 Å². The number of ketones is 1. The van der Waals surface area contributed by atoms with Crippen molar-refractivity contribution in [1.29, 1.82) is 0 Å². The van der Waals surface area contributed by atoms with Crippen molar-refractivity contribution in [2.24, 2.45) is 0 Å². The average Bonchev–Trinajstić information content (AvgIpc) is 3.05. The second-order valence-electron chi connectivity index (χ2n) is 6.83. The van der Waals surface area contributed by atoms with Crippen LogP contribution in [0, 0.1) is 5.82 Å². The van der Waals surface area contributed by atoms with E-state index in [0.29, 0.717) is 21.8 Å². The van der Waals surface area contributed by atoms with Crippen molar-refractivity contribution in [1.82, 2.24) is 9.97 Å². The SMILES string of the molecule is CSC1(C(=O)c2nccc3c2[nH]c2ccc(F)cc23)C(C)OC(O)C(O)C1O. The third-order valence-electron chi connectivity index (χ3n) is 5.39. The number of nitrogens with zero attached hydrogens (tertiary/aromatic N) is 1. The highest BCUT2D eigenvalue weighted by molar-refractivity contribution is 8.00. The van der Waals surface area contributed by atoms with E-state index in [1.54, 1.807) is 25.3 Å². The van der Waals surface area contributed by atoms with Crippen LogP contribution in [0.5, 0.6) is 0 Å². The van der Waals surface area contributed by atoms with Crippen LogP contribution in [0.2, 0.25) is 0 Å². The number of benzene rings is 1. The van der Waals surface area contributed by atoms with Gasteiger partial charge in [0.05, 0.1) is 11.6 Å². The van der Waals surface area contributed by atoms with E-state index < -0.39 is 40.9 Å². The van der Waals surface area contributed by atoms with Crippen molar-refractivity contribution in [3.8, 4) is 0 Å². The van der Waals surface area contributed by atoms with Gasteiger partial charge in [-0.25, -0.2) is 4.39 Å². The second kappa shape index (κ2) is 6.78. The predicted octanol–water partition coefficient (Wildman–Crippen LogP) is 1.60. The molecule has 0 spiro atoms. The maximum atomic E-state index is 13.7. The van der Waals surface area contributed by atoms with Gasteiger partial charge in [-0.2, -0.15) is 0 Å². The Labute approximate surface area is 163 Å². The van der Waals surface area contributed by atoms with Crippen molar-refractivity contribution in [2.45, 2.75) is 36.3 Å². The number of aromatic nitrogens is 2. The summed E-state index contributed by atoms with van der Waals surface area (Å²) in [5, 5.41) is 31.8. The number of rotatable bonds is 3.